The zero-order chi connectivity index (χ0) is 14.0. The van der Waals surface area contributed by atoms with Gasteiger partial charge in [0.1, 0.15) is 0 Å². The molecule has 0 atom stereocenters. The van der Waals surface area contributed by atoms with Gasteiger partial charge in [-0.1, -0.05) is 24.4 Å². The van der Waals surface area contributed by atoms with Crippen molar-refractivity contribution in [3.05, 3.63) is 28.3 Å². The zero-order valence-electron chi connectivity index (χ0n) is 11.4. The molecule has 104 valence electrons. The van der Waals surface area contributed by atoms with Crippen molar-refractivity contribution in [2.24, 2.45) is 0 Å². The summed E-state index contributed by atoms with van der Waals surface area (Å²) in [5.41, 5.74) is 2.01. The molecule has 1 fully saturated rings. The number of hydrogen-bond donors (Lipinski definition) is 1. The Kier molecular flexibility index (Phi) is 4.35. The minimum Gasteiger partial charge on any atom is -0.478 e. The highest BCUT2D eigenvalue weighted by atomic mass is 35.5. The fourth-order valence-corrected chi connectivity index (χ4v) is 3.38. The molecule has 0 amide bonds. The van der Waals surface area contributed by atoms with Gasteiger partial charge in [-0.25, -0.2) is 4.79 Å². The summed E-state index contributed by atoms with van der Waals surface area (Å²) in [7, 11) is 0. The van der Waals surface area contributed by atoms with Gasteiger partial charge in [0, 0.05) is 12.6 Å². The van der Waals surface area contributed by atoms with Crippen molar-refractivity contribution in [2.45, 2.75) is 45.6 Å². The minimum absolute atomic E-state index is 0.343. The molecule has 1 saturated carbocycles. The minimum atomic E-state index is -0.891. The lowest BCUT2D eigenvalue weighted by atomic mass is 10.0. The Labute approximate surface area is 119 Å². The van der Waals surface area contributed by atoms with Crippen LogP contribution >= 0.6 is 11.6 Å². The number of carboxylic acids is 1. The number of hydrogen-bond acceptors (Lipinski definition) is 2. The van der Waals surface area contributed by atoms with E-state index in [0.29, 0.717) is 16.6 Å². The fraction of sp³-hybridized carbons (Fsp3) is 0.533. The molecule has 0 aromatic heterocycles. The highest BCUT2D eigenvalue weighted by Crippen LogP contribution is 2.36. The van der Waals surface area contributed by atoms with Crippen LogP contribution in [0.4, 0.5) is 5.69 Å². The Morgan fingerprint density at radius 2 is 2.05 bits per heavy atom. The third-order valence-corrected chi connectivity index (χ3v) is 4.31. The summed E-state index contributed by atoms with van der Waals surface area (Å²) in [6, 6.07) is 3.78. The molecule has 4 heteroatoms. The average Bonchev–Trinajstić information content (AvgIpc) is 2.87. The number of aromatic carboxylic acids is 1. The van der Waals surface area contributed by atoms with Gasteiger partial charge in [-0.2, -0.15) is 0 Å². The summed E-state index contributed by atoms with van der Waals surface area (Å²) in [5, 5.41) is 9.89. The van der Waals surface area contributed by atoms with E-state index in [2.05, 4.69) is 11.8 Å². The maximum atomic E-state index is 11.3. The van der Waals surface area contributed by atoms with E-state index in [1.807, 2.05) is 6.92 Å². The van der Waals surface area contributed by atoms with Crippen LogP contribution in [0.3, 0.4) is 0 Å². The molecule has 0 spiro atoms. The maximum absolute atomic E-state index is 11.3. The van der Waals surface area contributed by atoms with Crippen molar-refractivity contribution in [2.75, 3.05) is 11.4 Å². The molecule has 3 nitrogen and oxygen atoms in total. The summed E-state index contributed by atoms with van der Waals surface area (Å²) in [5.74, 6) is -0.891. The van der Waals surface area contributed by atoms with Gasteiger partial charge in [0.05, 0.1) is 16.3 Å². The van der Waals surface area contributed by atoms with Gasteiger partial charge >= 0.3 is 5.97 Å². The standard InChI is InChI=1S/C15H20ClNO2/c1-3-17(11-6-4-5-7-11)14-10(2)12(15(18)19)8-9-13(14)16/h8-9,11H,3-7H2,1-2H3,(H,18,19). The van der Waals surface area contributed by atoms with Crippen molar-refractivity contribution in [1.82, 2.24) is 0 Å². The Morgan fingerprint density at radius 3 is 2.58 bits per heavy atom. The largest absolute Gasteiger partial charge is 0.478 e. The first-order valence-electron chi connectivity index (χ1n) is 6.85. The summed E-state index contributed by atoms with van der Waals surface area (Å²) in [6.07, 6.45) is 4.83. The molecule has 1 aromatic carbocycles. The molecule has 2 rings (SSSR count). The molecule has 1 aliphatic carbocycles. The molecule has 0 unspecified atom stereocenters. The molecular formula is C15H20ClNO2. The summed E-state index contributed by atoms with van der Waals surface area (Å²) in [6.45, 7) is 4.80. The average molecular weight is 282 g/mol. The first kappa shape index (κ1) is 14.2. The Hall–Kier alpha value is -1.22. The van der Waals surface area contributed by atoms with Gasteiger partial charge in [-0.3, -0.25) is 0 Å². The van der Waals surface area contributed by atoms with E-state index in [0.717, 1.165) is 17.8 Å². The number of carboxylic acid groups (broad SMARTS) is 1. The molecule has 1 N–H and O–H groups in total. The Bertz CT molecular complexity index is 481. The third-order valence-electron chi connectivity index (χ3n) is 4.01. The van der Waals surface area contributed by atoms with Gasteiger partial charge in [0.15, 0.2) is 0 Å². The molecule has 0 saturated heterocycles. The van der Waals surface area contributed by atoms with Crippen molar-refractivity contribution in [1.29, 1.82) is 0 Å². The molecule has 0 radical (unpaired) electrons. The molecular weight excluding hydrogens is 262 g/mol. The maximum Gasteiger partial charge on any atom is 0.336 e. The lowest BCUT2D eigenvalue weighted by molar-refractivity contribution is 0.0696. The van der Waals surface area contributed by atoms with Crippen molar-refractivity contribution >= 4 is 23.3 Å². The first-order valence-corrected chi connectivity index (χ1v) is 7.23. The zero-order valence-corrected chi connectivity index (χ0v) is 12.2. The highest BCUT2D eigenvalue weighted by Gasteiger charge is 2.26. The predicted molar refractivity (Wildman–Crippen MR) is 78.4 cm³/mol. The van der Waals surface area contributed by atoms with Crippen LogP contribution in [0, 0.1) is 6.92 Å². The van der Waals surface area contributed by atoms with E-state index in [1.54, 1.807) is 12.1 Å². The van der Waals surface area contributed by atoms with E-state index in [-0.39, 0.29) is 0 Å². The number of carbonyl (C=O) groups is 1. The van der Waals surface area contributed by atoms with E-state index in [4.69, 9.17) is 11.6 Å². The van der Waals surface area contributed by atoms with Crippen LogP contribution in [-0.4, -0.2) is 23.7 Å². The molecule has 19 heavy (non-hydrogen) atoms. The van der Waals surface area contributed by atoms with E-state index < -0.39 is 5.97 Å². The summed E-state index contributed by atoms with van der Waals surface area (Å²) < 4.78 is 0. The van der Waals surface area contributed by atoms with E-state index >= 15 is 0 Å². The number of anilines is 1. The molecule has 0 bridgehead atoms. The highest BCUT2D eigenvalue weighted by molar-refractivity contribution is 6.33. The quantitative estimate of drug-likeness (QED) is 0.903. The third kappa shape index (κ3) is 2.71. The van der Waals surface area contributed by atoms with Crippen molar-refractivity contribution in [3.8, 4) is 0 Å². The van der Waals surface area contributed by atoms with Gasteiger partial charge in [0.2, 0.25) is 0 Å². The van der Waals surface area contributed by atoms with Crippen LogP contribution < -0.4 is 4.90 Å². The smallest absolute Gasteiger partial charge is 0.336 e. The van der Waals surface area contributed by atoms with Gasteiger partial charge in [-0.15, -0.1) is 0 Å². The first-order chi connectivity index (χ1) is 9.06. The Morgan fingerprint density at radius 1 is 1.42 bits per heavy atom. The number of benzene rings is 1. The van der Waals surface area contributed by atoms with E-state index in [9.17, 15) is 9.90 Å². The van der Waals surface area contributed by atoms with Crippen LogP contribution in [0.5, 0.6) is 0 Å². The second-order valence-electron chi connectivity index (χ2n) is 5.10. The van der Waals surface area contributed by atoms with E-state index in [1.165, 1.54) is 25.7 Å². The molecule has 0 aliphatic heterocycles. The van der Waals surface area contributed by atoms with Gasteiger partial charge < -0.3 is 10.0 Å². The normalized spacial score (nSPS) is 15.7. The molecule has 1 aromatic rings. The summed E-state index contributed by atoms with van der Waals surface area (Å²) >= 11 is 6.32. The lowest BCUT2D eigenvalue weighted by Crippen LogP contribution is -2.34. The fourth-order valence-electron chi connectivity index (χ4n) is 3.07. The van der Waals surface area contributed by atoms with Crippen LogP contribution in [0.2, 0.25) is 5.02 Å². The summed E-state index contributed by atoms with van der Waals surface area (Å²) in [4.78, 5) is 13.5. The van der Waals surface area contributed by atoms with Crippen LogP contribution in [0.25, 0.3) is 0 Å². The van der Waals surface area contributed by atoms with Crippen molar-refractivity contribution < 1.29 is 9.90 Å². The second kappa shape index (κ2) is 5.83. The second-order valence-corrected chi connectivity index (χ2v) is 5.51. The number of halogens is 1. The van der Waals surface area contributed by atoms with Gasteiger partial charge in [0.25, 0.3) is 0 Å². The molecule has 0 heterocycles. The topological polar surface area (TPSA) is 40.5 Å². The lowest BCUT2D eigenvalue weighted by Gasteiger charge is -2.32. The van der Waals surface area contributed by atoms with Crippen LogP contribution in [0.15, 0.2) is 12.1 Å². The van der Waals surface area contributed by atoms with Crippen LogP contribution in [0.1, 0.15) is 48.5 Å². The molecule has 1 aliphatic rings. The van der Waals surface area contributed by atoms with Gasteiger partial charge in [-0.05, 0) is 44.4 Å². The predicted octanol–water partition coefficient (Wildman–Crippen LogP) is 4.12. The van der Waals surface area contributed by atoms with Crippen molar-refractivity contribution in [3.63, 3.8) is 0 Å². The Balaban J connectivity index is 2.46. The van der Waals surface area contributed by atoms with Crippen LogP contribution in [-0.2, 0) is 0 Å². The monoisotopic (exact) mass is 281 g/mol. The number of rotatable bonds is 4. The number of nitrogens with zero attached hydrogens (tertiary/aromatic N) is 1. The SMILES string of the molecule is CCN(c1c(Cl)ccc(C(=O)O)c1C)C1CCCC1.